The van der Waals surface area contributed by atoms with Crippen LogP contribution >= 0.6 is 0 Å². The third-order valence-corrected chi connectivity index (χ3v) is 5.16. The van der Waals surface area contributed by atoms with E-state index in [2.05, 4.69) is 23.2 Å². The van der Waals surface area contributed by atoms with E-state index < -0.39 is 0 Å². The van der Waals surface area contributed by atoms with Crippen LogP contribution in [0.2, 0.25) is 0 Å². The lowest BCUT2D eigenvalue weighted by molar-refractivity contribution is 0.100. The minimum Gasteiger partial charge on any atom is -0.490 e. The molecule has 0 saturated heterocycles. The summed E-state index contributed by atoms with van der Waals surface area (Å²) in [4.78, 5) is 14.0. The van der Waals surface area contributed by atoms with Crippen LogP contribution in [-0.4, -0.2) is 45.3 Å². The van der Waals surface area contributed by atoms with Gasteiger partial charge in [-0.1, -0.05) is 18.2 Å². The topological polar surface area (TPSA) is 76.8 Å². The van der Waals surface area contributed by atoms with Gasteiger partial charge in [0.25, 0.3) is 5.91 Å². The number of nitrogens with zero attached hydrogens (tertiary/aromatic N) is 1. The summed E-state index contributed by atoms with van der Waals surface area (Å²) in [6.45, 7) is 6.90. The number of hydrogen-bond acceptors (Lipinski definition) is 5. The lowest BCUT2D eigenvalue weighted by atomic mass is 9.98. The van der Waals surface area contributed by atoms with Gasteiger partial charge in [0.15, 0.2) is 11.5 Å². The quantitative estimate of drug-likeness (QED) is 0.603. The Bertz CT molecular complexity index is 853. The molecule has 0 radical (unpaired) electrons. The van der Waals surface area contributed by atoms with Gasteiger partial charge >= 0.3 is 0 Å². The van der Waals surface area contributed by atoms with Crippen LogP contribution in [0.1, 0.15) is 35.3 Å². The summed E-state index contributed by atoms with van der Waals surface area (Å²) in [5.74, 6) is 1.17. The van der Waals surface area contributed by atoms with Gasteiger partial charge in [-0.3, -0.25) is 4.79 Å². The van der Waals surface area contributed by atoms with Crippen molar-refractivity contribution >= 4 is 11.6 Å². The number of fused-ring (bicyclic) bond motifs is 1. The molecule has 1 aliphatic rings. The molecule has 0 fully saturated rings. The van der Waals surface area contributed by atoms with E-state index in [1.807, 2.05) is 44.3 Å². The molecule has 1 heterocycles. The molecule has 1 atom stereocenters. The number of likely N-dealkylation sites (N-methyl/N-ethyl adjacent to an activating group) is 1. The van der Waals surface area contributed by atoms with Gasteiger partial charge in [0, 0.05) is 26.2 Å². The van der Waals surface area contributed by atoms with Gasteiger partial charge in [-0.25, -0.2) is 0 Å². The van der Waals surface area contributed by atoms with Gasteiger partial charge in [0.05, 0.1) is 17.9 Å². The number of para-hydroxylation sites is 2. The molecule has 0 unspecified atom stereocenters. The van der Waals surface area contributed by atoms with Crippen LogP contribution in [0.5, 0.6) is 11.5 Å². The molecule has 29 heavy (non-hydrogen) atoms. The molecule has 0 aromatic heterocycles. The molecule has 3 N–H and O–H groups in total. The zero-order valence-electron chi connectivity index (χ0n) is 17.5. The summed E-state index contributed by atoms with van der Waals surface area (Å²) in [5, 5.41) is 3.49. The lowest BCUT2D eigenvalue weighted by Crippen LogP contribution is -2.32. The molecule has 2 aromatic rings. The molecule has 0 saturated carbocycles. The van der Waals surface area contributed by atoms with Crippen molar-refractivity contribution in [1.82, 2.24) is 5.32 Å². The van der Waals surface area contributed by atoms with Gasteiger partial charge in [0.2, 0.25) is 0 Å². The zero-order chi connectivity index (χ0) is 20.8. The summed E-state index contributed by atoms with van der Waals surface area (Å²) >= 11 is 0. The third-order valence-electron chi connectivity index (χ3n) is 5.16. The highest BCUT2D eigenvalue weighted by molar-refractivity contribution is 6.00. The monoisotopic (exact) mass is 397 g/mol. The summed E-state index contributed by atoms with van der Waals surface area (Å²) < 4.78 is 11.4. The first-order chi connectivity index (χ1) is 14.0. The SMILES string of the molecule is CCOc1ccccc1OCCN[C@H](C)Cc1cc2c(c(C(N)=O)c1)N(C)CC2. The Kier molecular flexibility index (Phi) is 6.99. The van der Waals surface area contributed by atoms with Crippen LogP contribution in [0.4, 0.5) is 5.69 Å². The van der Waals surface area contributed by atoms with Crippen molar-refractivity contribution in [3.8, 4) is 11.5 Å². The van der Waals surface area contributed by atoms with E-state index in [0.29, 0.717) is 18.8 Å². The summed E-state index contributed by atoms with van der Waals surface area (Å²) in [7, 11) is 2.01. The predicted octanol–water partition coefficient (Wildman–Crippen LogP) is 2.78. The highest BCUT2D eigenvalue weighted by Crippen LogP contribution is 2.32. The summed E-state index contributed by atoms with van der Waals surface area (Å²) in [5.41, 5.74) is 9.59. The van der Waals surface area contributed by atoms with Crippen LogP contribution in [0, 0.1) is 0 Å². The Balaban J connectivity index is 1.53. The van der Waals surface area contributed by atoms with E-state index >= 15 is 0 Å². The normalized spacial score (nSPS) is 13.8. The smallest absolute Gasteiger partial charge is 0.250 e. The van der Waals surface area contributed by atoms with Crippen LogP contribution in [0.25, 0.3) is 0 Å². The number of carbonyl (C=O) groups excluding carboxylic acids is 1. The van der Waals surface area contributed by atoms with Crippen molar-refractivity contribution in [3.63, 3.8) is 0 Å². The molecule has 6 nitrogen and oxygen atoms in total. The number of ether oxygens (including phenoxy) is 2. The molecule has 2 aromatic carbocycles. The lowest BCUT2D eigenvalue weighted by Gasteiger charge is -2.19. The van der Waals surface area contributed by atoms with Crippen molar-refractivity contribution in [3.05, 3.63) is 53.1 Å². The number of nitrogens with two attached hydrogens (primary N) is 1. The second kappa shape index (κ2) is 9.65. The maximum atomic E-state index is 11.9. The summed E-state index contributed by atoms with van der Waals surface area (Å²) in [6.07, 6.45) is 1.78. The minimum absolute atomic E-state index is 0.249. The number of benzene rings is 2. The molecule has 6 heteroatoms. The fraction of sp³-hybridized carbons (Fsp3) is 0.435. The van der Waals surface area contributed by atoms with E-state index in [-0.39, 0.29) is 11.9 Å². The largest absolute Gasteiger partial charge is 0.490 e. The maximum absolute atomic E-state index is 11.9. The van der Waals surface area contributed by atoms with E-state index in [4.69, 9.17) is 15.2 Å². The van der Waals surface area contributed by atoms with Crippen molar-refractivity contribution < 1.29 is 14.3 Å². The number of carbonyl (C=O) groups is 1. The Hall–Kier alpha value is -2.73. The maximum Gasteiger partial charge on any atom is 0.250 e. The third kappa shape index (κ3) is 5.21. The molecule has 156 valence electrons. The molecule has 3 rings (SSSR count). The van der Waals surface area contributed by atoms with Gasteiger partial charge in [-0.05, 0) is 56.0 Å². The molecular weight excluding hydrogens is 366 g/mol. The van der Waals surface area contributed by atoms with Crippen molar-refractivity contribution in [2.24, 2.45) is 5.73 Å². The van der Waals surface area contributed by atoms with Crippen LogP contribution < -0.4 is 25.4 Å². The first-order valence-electron chi connectivity index (χ1n) is 10.2. The first kappa shape index (κ1) is 21.0. The van der Waals surface area contributed by atoms with Crippen LogP contribution in [0.3, 0.4) is 0 Å². The van der Waals surface area contributed by atoms with Crippen molar-refractivity contribution in [2.45, 2.75) is 32.7 Å². The summed E-state index contributed by atoms with van der Waals surface area (Å²) in [6, 6.07) is 12.1. The fourth-order valence-electron chi connectivity index (χ4n) is 3.84. The number of amides is 1. The van der Waals surface area contributed by atoms with Gasteiger partial charge in [-0.15, -0.1) is 0 Å². The Labute approximate surface area is 173 Å². The number of nitrogens with one attached hydrogen (secondary N) is 1. The molecule has 0 bridgehead atoms. The average molecular weight is 398 g/mol. The second-order valence-electron chi connectivity index (χ2n) is 7.47. The van der Waals surface area contributed by atoms with Gasteiger partial charge < -0.3 is 25.4 Å². The average Bonchev–Trinajstić information content (AvgIpc) is 3.06. The van der Waals surface area contributed by atoms with Gasteiger partial charge in [0.1, 0.15) is 6.61 Å². The van der Waals surface area contributed by atoms with Crippen LogP contribution in [0.15, 0.2) is 36.4 Å². The standard InChI is InChI=1S/C23H31N3O3/c1-4-28-20-7-5-6-8-21(20)29-12-10-25-16(2)13-17-14-18-9-11-26(3)22(18)19(15-17)23(24)27/h5-8,14-16,25H,4,9-13H2,1-3H3,(H2,24,27)/t16-/m1/s1. The Morgan fingerprint density at radius 2 is 1.97 bits per heavy atom. The van der Waals surface area contributed by atoms with Crippen LogP contribution in [-0.2, 0) is 12.8 Å². The number of rotatable bonds is 10. The molecular formula is C23H31N3O3. The molecule has 1 amide bonds. The highest BCUT2D eigenvalue weighted by atomic mass is 16.5. The van der Waals surface area contributed by atoms with E-state index in [1.165, 1.54) is 5.56 Å². The van der Waals surface area contributed by atoms with E-state index in [0.717, 1.165) is 48.7 Å². The fourth-order valence-corrected chi connectivity index (χ4v) is 3.84. The first-order valence-corrected chi connectivity index (χ1v) is 10.2. The zero-order valence-corrected chi connectivity index (χ0v) is 17.5. The number of hydrogen-bond donors (Lipinski definition) is 2. The second-order valence-corrected chi connectivity index (χ2v) is 7.47. The number of anilines is 1. The molecule has 0 spiro atoms. The molecule has 1 aliphatic heterocycles. The number of primary amides is 1. The van der Waals surface area contributed by atoms with Gasteiger partial charge in [-0.2, -0.15) is 0 Å². The Morgan fingerprint density at radius 3 is 2.66 bits per heavy atom. The Morgan fingerprint density at radius 1 is 1.24 bits per heavy atom. The van der Waals surface area contributed by atoms with Crippen molar-refractivity contribution in [1.29, 1.82) is 0 Å². The minimum atomic E-state index is -0.362. The molecule has 0 aliphatic carbocycles. The van der Waals surface area contributed by atoms with E-state index in [1.54, 1.807) is 0 Å². The highest BCUT2D eigenvalue weighted by Gasteiger charge is 2.23. The van der Waals surface area contributed by atoms with Crippen molar-refractivity contribution in [2.75, 3.05) is 38.3 Å². The predicted molar refractivity (Wildman–Crippen MR) is 116 cm³/mol. The van der Waals surface area contributed by atoms with E-state index in [9.17, 15) is 4.79 Å².